The van der Waals surface area contributed by atoms with Crippen LogP contribution in [0, 0.1) is 0 Å². The van der Waals surface area contributed by atoms with E-state index in [2.05, 4.69) is 66.3 Å². The van der Waals surface area contributed by atoms with Gasteiger partial charge in [0, 0.05) is 17.7 Å². The van der Waals surface area contributed by atoms with Crippen molar-refractivity contribution in [3.63, 3.8) is 0 Å². The Morgan fingerprint density at radius 1 is 0.857 bits per heavy atom. The Morgan fingerprint density at radius 3 is 2.00 bits per heavy atom. The maximum atomic E-state index is 4.73. The van der Waals surface area contributed by atoms with Gasteiger partial charge in [0.15, 0.2) is 4.34 Å². The second-order valence-corrected chi connectivity index (χ2v) is 7.22. The van der Waals surface area contributed by atoms with Crippen molar-refractivity contribution in [1.82, 2.24) is 4.98 Å². The first-order valence-electron chi connectivity index (χ1n) is 6.73. The van der Waals surface area contributed by atoms with Crippen LogP contribution in [0.5, 0.6) is 0 Å². The molecular weight excluding hydrogens is 314 g/mol. The number of hydrogen-bond acceptors (Lipinski definition) is 4. The van der Waals surface area contributed by atoms with Crippen molar-refractivity contribution in [3.05, 3.63) is 82.4 Å². The van der Waals surface area contributed by atoms with Crippen LogP contribution in [0.3, 0.4) is 0 Å². The van der Waals surface area contributed by atoms with Gasteiger partial charge in [-0.2, -0.15) is 0 Å². The Morgan fingerprint density at radius 2 is 1.43 bits per heavy atom. The van der Waals surface area contributed by atoms with Crippen LogP contribution in [-0.2, 0) is 12.8 Å². The summed E-state index contributed by atoms with van der Waals surface area (Å²) in [5.74, 6) is 0. The van der Waals surface area contributed by atoms with Gasteiger partial charge in [-0.15, -0.1) is 23.0 Å². The molecule has 0 amide bonds. The smallest absolute Gasteiger partial charge is 0.160 e. The van der Waals surface area contributed by atoms with Crippen LogP contribution >= 0.6 is 33.8 Å². The van der Waals surface area contributed by atoms with Crippen LogP contribution in [0.2, 0.25) is 0 Å². The molecule has 0 radical (unpaired) electrons. The quantitative estimate of drug-likeness (QED) is 0.506. The molecule has 0 unspecified atom stereocenters. The lowest BCUT2D eigenvalue weighted by Gasteiger charge is -2.03. The molecule has 0 fully saturated rings. The second kappa shape index (κ2) is 7.16. The van der Waals surface area contributed by atoms with Crippen LogP contribution in [0.15, 0.2) is 65.0 Å². The maximum Gasteiger partial charge on any atom is 0.160 e. The SMILES string of the molecule is SSc1nc(Cc2ccccc2)c(Cc2ccccc2)s1. The van der Waals surface area contributed by atoms with E-state index in [1.54, 1.807) is 11.3 Å². The third kappa shape index (κ3) is 3.90. The minimum Gasteiger partial charge on any atom is -0.233 e. The number of nitrogens with zero attached hydrogens (tertiary/aromatic N) is 1. The zero-order valence-corrected chi connectivity index (χ0v) is 13.9. The van der Waals surface area contributed by atoms with Gasteiger partial charge >= 0.3 is 0 Å². The molecule has 0 saturated heterocycles. The van der Waals surface area contributed by atoms with Crippen LogP contribution in [-0.4, -0.2) is 4.98 Å². The molecule has 106 valence electrons. The largest absolute Gasteiger partial charge is 0.233 e. The minimum atomic E-state index is 0.883. The van der Waals surface area contributed by atoms with Crippen molar-refractivity contribution in [2.24, 2.45) is 0 Å². The molecule has 0 N–H and O–H groups in total. The van der Waals surface area contributed by atoms with Gasteiger partial charge in [0.2, 0.25) is 0 Å². The van der Waals surface area contributed by atoms with Crippen molar-refractivity contribution in [2.75, 3.05) is 0 Å². The molecule has 21 heavy (non-hydrogen) atoms. The predicted molar refractivity (Wildman–Crippen MR) is 95.5 cm³/mol. The lowest BCUT2D eigenvalue weighted by molar-refractivity contribution is 1.02. The number of aromatic nitrogens is 1. The molecule has 3 rings (SSSR count). The average molecular weight is 330 g/mol. The van der Waals surface area contributed by atoms with E-state index in [9.17, 15) is 0 Å². The van der Waals surface area contributed by atoms with E-state index in [0.29, 0.717) is 0 Å². The lowest BCUT2D eigenvalue weighted by atomic mass is 10.1. The van der Waals surface area contributed by atoms with Gasteiger partial charge in [-0.3, -0.25) is 0 Å². The summed E-state index contributed by atoms with van der Waals surface area (Å²) < 4.78 is 1.02. The Balaban J connectivity index is 1.87. The number of thiazole rings is 1. The van der Waals surface area contributed by atoms with E-state index in [0.717, 1.165) is 17.2 Å². The molecule has 1 nitrogen and oxygen atoms in total. The first-order chi connectivity index (χ1) is 10.3. The summed E-state index contributed by atoms with van der Waals surface area (Å²) in [7, 11) is 1.43. The van der Waals surface area contributed by atoms with Crippen molar-refractivity contribution in [1.29, 1.82) is 0 Å². The van der Waals surface area contributed by atoms with Gasteiger partial charge in [0.25, 0.3) is 0 Å². The lowest BCUT2D eigenvalue weighted by Crippen LogP contribution is -1.94. The Labute approximate surface area is 138 Å². The summed E-state index contributed by atoms with van der Waals surface area (Å²) in [4.78, 5) is 6.06. The Bertz CT molecular complexity index is 634. The van der Waals surface area contributed by atoms with E-state index in [1.165, 1.54) is 32.5 Å². The number of benzene rings is 2. The molecule has 0 aliphatic heterocycles. The van der Waals surface area contributed by atoms with Crippen molar-refractivity contribution < 1.29 is 0 Å². The van der Waals surface area contributed by atoms with Crippen molar-refractivity contribution >= 4 is 33.8 Å². The van der Waals surface area contributed by atoms with Gasteiger partial charge in [0.1, 0.15) is 0 Å². The van der Waals surface area contributed by atoms with E-state index in [-0.39, 0.29) is 0 Å². The molecule has 2 aromatic carbocycles. The molecule has 0 aliphatic carbocycles. The van der Waals surface area contributed by atoms with Crippen LogP contribution < -0.4 is 0 Å². The normalized spacial score (nSPS) is 10.7. The molecule has 1 heterocycles. The zero-order chi connectivity index (χ0) is 14.5. The van der Waals surface area contributed by atoms with Crippen molar-refractivity contribution in [2.45, 2.75) is 17.2 Å². The first-order valence-corrected chi connectivity index (χ1v) is 9.41. The fraction of sp³-hybridized carbons (Fsp3) is 0.118. The summed E-state index contributed by atoms with van der Waals surface area (Å²) in [6.07, 6.45) is 1.82. The fourth-order valence-electron chi connectivity index (χ4n) is 2.25. The van der Waals surface area contributed by atoms with Crippen LogP contribution in [0.1, 0.15) is 21.7 Å². The topological polar surface area (TPSA) is 12.9 Å². The van der Waals surface area contributed by atoms with Crippen LogP contribution in [0.25, 0.3) is 0 Å². The van der Waals surface area contributed by atoms with Gasteiger partial charge in [-0.05, 0) is 21.9 Å². The van der Waals surface area contributed by atoms with Crippen molar-refractivity contribution in [3.8, 4) is 0 Å². The monoisotopic (exact) mass is 329 g/mol. The second-order valence-electron chi connectivity index (χ2n) is 4.77. The predicted octanol–water partition coefficient (Wildman–Crippen LogP) is 5.26. The molecule has 0 saturated carbocycles. The zero-order valence-electron chi connectivity index (χ0n) is 11.4. The number of thiol groups is 1. The van der Waals surface area contributed by atoms with Gasteiger partial charge in [-0.25, -0.2) is 4.98 Å². The highest BCUT2D eigenvalue weighted by atomic mass is 33.1. The molecule has 0 aliphatic rings. The van der Waals surface area contributed by atoms with Gasteiger partial charge in [-0.1, -0.05) is 60.7 Å². The van der Waals surface area contributed by atoms with E-state index in [1.807, 2.05) is 6.07 Å². The van der Waals surface area contributed by atoms with E-state index in [4.69, 9.17) is 4.98 Å². The summed E-state index contributed by atoms with van der Waals surface area (Å²) in [5, 5.41) is 0. The molecule has 4 heteroatoms. The Hall–Kier alpha value is -1.23. The molecule has 0 bridgehead atoms. The Kier molecular flexibility index (Phi) is 5.01. The number of hydrogen-bond donors (Lipinski definition) is 1. The molecule has 0 atom stereocenters. The van der Waals surface area contributed by atoms with Gasteiger partial charge < -0.3 is 0 Å². The molecule has 3 aromatic rings. The standard InChI is InChI=1S/C17H15NS3/c19-21-17-18-15(11-13-7-3-1-4-8-13)16(20-17)12-14-9-5-2-6-10-14/h1-10,19H,11-12H2. The third-order valence-corrected chi connectivity index (χ3v) is 5.79. The third-order valence-electron chi connectivity index (χ3n) is 3.26. The van der Waals surface area contributed by atoms with Gasteiger partial charge in [0.05, 0.1) is 5.69 Å². The minimum absolute atomic E-state index is 0.883. The average Bonchev–Trinajstić information content (AvgIpc) is 2.91. The van der Waals surface area contributed by atoms with E-state index < -0.39 is 0 Å². The van der Waals surface area contributed by atoms with E-state index >= 15 is 0 Å². The molecular formula is C17H15NS3. The number of rotatable bonds is 5. The summed E-state index contributed by atoms with van der Waals surface area (Å²) in [6.45, 7) is 0. The first kappa shape index (κ1) is 14.7. The fourth-order valence-corrected chi connectivity index (χ4v) is 4.15. The highest BCUT2D eigenvalue weighted by Crippen LogP contribution is 2.32. The summed E-state index contributed by atoms with van der Waals surface area (Å²) in [6, 6.07) is 21.1. The highest BCUT2D eigenvalue weighted by Gasteiger charge is 2.12. The molecule has 1 aromatic heterocycles. The van der Waals surface area contributed by atoms with Crippen LogP contribution in [0.4, 0.5) is 0 Å². The maximum absolute atomic E-state index is 4.73. The summed E-state index contributed by atoms with van der Waals surface area (Å²) >= 11 is 6.04. The molecule has 0 spiro atoms. The summed E-state index contributed by atoms with van der Waals surface area (Å²) in [5.41, 5.74) is 3.80. The highest BCUT2D eigenvalue weighted by molar-refractivity contribution is 8.69.